The average molecular weight is 352 g/mol. The Hall–Kier alpha value is -1.71. The van der Waals surface area contributed by atoms with Gasteiger partial charge in [0.25, 0.3) is 0 Å². The molecule has 3 heteroatoms. The molecule has 1 saturated carbocycles. The zero-order chi connectivity index (χ0) is 18.8. The highest BCUT2D eigenvalue weighted by Gasteiger charge is 2.45. The first-order chi connectivity index (χ1) is 12.3. The van der Waals surface area contributed by atoms with Gasteiger partial charge in [-0.1, -0.05) is 36.4 Å². The normalized spacial score (nSPS) is 17.3. The third-order valence-electron chi connectivity index (χ3n) is 5.27. The van der Waals surface area contributed by atoms with Gasteiger partial charge in [0, 0.05) is 23.8 Å². The van der Waals surface area contributed by atoms with Gasteiger partial charge in [-0.05, 0) is 71.1 Å². The van der Waals surface area contributed by atoms with Crippen molar-refractivity contribution in [1.82, 2.24) is 15.6 Å². The van der Waals surface area contributed by atoms with Crippen LogP contribution in [0.15, 0.2) is 48.7 Å². The predicted octanol–water partition coefficient (Wildman–Crippen LogP) is 4.52. The lowest BCUT2D eigenvalue weighted by Crippen LogP contribution is -2.43. The summed E-state index contributed by atoms with van der Waals surface area (Å²) in [7, 11) is 0. The zero-order valence-corrected chi connectivity index (χ0v) is 16.8. The maximum absolute atomic E-state index is 4.78. The SMILES string of the molecule is CC(C)NC1(c2ccc(CC(C)NC(C)(C)c3ccccc3)cn2)CC1. The van der Waals surface area contributed by atoms with Crippen molar-refractivity contribution in [1.29, 1.82) is 0 Å². The van der Waals surface area contributed by atoms with E-state index in [2.05, 4.69) is 93.9 Å². The molecule has 0 amide bonds. The fourth-order valence-corrected chi connectivity index (χ4v) is 3.94. The molecular formula is C23H33N3. The van der Waals surface area contributed by atoms with Gasteiger partial charge < -0.3 is 10.6 Å². The highest BCUT2D eigenvalue weighted by Crippen LogP contribution is 2.44. The lowest BCUT2D eigenvalue weighted by Gasteiger charge is -2.31. The van der Waals surface area contributed by atoms with Gasteiger partial charge in [0.1, 0.15) is 0 Å². The van der Waals surface area contributed by atoms with Crippen LogP contribution in [0.2, 0.25) is 0 Å². The van der Waals surface area contributed by atoms with Gasteiger partial charge in [-0.25, -0.2) is 0 Å². The van der Waals surface area contributed by atoms with E-state index in [1.807, 2.05) is 0 Å². The van der Waals surface area contributed by atoms with E-state index in [9.17, 15) is 0 Å². The van der Waals surface area contributed by atoms with Crippen LogP contribution in [0.4, 0.5) is 0 Å². The minimum absolute atomic E-state index is 0.0483. The molecule has 2 N–H and O–H groups in total. The maximum Gasteiger partial charge on any atom is 0.0612 e. The van der Waals surface area contributed by atoms with E-state index in [0.717, 1.165) is 6.42 Å². The van der Waals surface area contributed by atoms with Crippen molar-refractivity contribution in [2.75, 3.05) is 0 Å². The lowest BCUT2D eigenvalue weighted by atomic mass is 9.92. The first-order valence-electron chi connectivity index (χ1n) is 9.87. The van der Waals surface area contributed by atoms with Gasteiger partial charge >= 0.3 is 0 Å². The number of pyridine rings is 1. The molecule has 1 aromatic carbocycles. The summed E-state index contributed by atoms with van der Waals surface area (Å²) >= 11 is 0. The fourth-order valence-electron chi connectivity index (χ4n) is 3.94. The third-order valence-corrected chi connectivity index (χ3v) is 5.27. The van der Waals surface area contributed by atoms with Crippen LogP contribution in [-0.4, -0.2) is 17.1 Å². The van der Waals surface area contributed by atoms with E-state index < -0.39 is 0 Å². The molecule has 1 aromatic heterocycles. The second-order valence-corrected chi connectivity index (χ2v) is 8.67. The summed E-state index contributed by atoms with van der Waals surface area (Å²) in [6, 6.07) is 16.0. The van der Waals surface area contributed by atoms with Crippen molar-refractivity contribution in [3.05, 3.63) is 65.5 Å². The average Bonchev–Trinajstić information content (AvgIpc) is 3.35. The van der Waals surface area contributed by atoms with Gasteiger partial charge in [-0.2, -0.15) is 0 Å². The Morgan fingerprint density at radius 2 is 1.73 bits per heavy atom. The lowest BCUT2D eigenvalue weighted by molar-refractivity contribution is 0.351. The van der Waals surface area contributed by atoms with Crippen molar-refractivity contribution < 1.29 is 0 Å². The standard InChI is InChI=1S/C23H33N3/c1-17(2)25-23(13-14-23)21-12-11-19(16-24-21)15-18(3)26-22(4,5)20-9-7-6-8-10-20/h6-12,16-18,25-26H,13-15H2,1-5H3. The molecule has 26 heavy (non-hydrogen) atoms. The molecular weight excluding hydrogens is 318 g/mol. The number of rotatable bonds is 8. The van der Waals surface area contributed by atoms with E-state index >= 15 is 0 Å². The van der Waals surface area contributed by atoms with Gasteiger partial charge in [0.05, 0.1) is 11.2 Å². The van der Waals surface area contributed by atoms with Gasteiger partial charge in [0.15, 0.2) is 0 Å². The monoisotopic (exact) mass is 351 g/mol. The topological polar surface area (TPSA) is 37.0 Å². The van der Waals surface area contributed by atoms with Crippen molar-refractivity contribution >= 4 is 0 Å². The molecule has 3 nitrogen and oxygen atoms in total. The molecule has 140 valence electrons. The number of hydrogen-bond donors (Lipinski definition) is 2. The maximum atomic E-state index is 4.78. The largest absolute Gasteiger partial charge is 0.305 e. The molecule has 0 spiro atoms. The molecule has 1 fully saturated rings. The Morgan fingerprint density at radius 1 is 1.04 bits per heavy atom. The number of hydrogen-bond acceptors (Lipinski definition) is 3. The number of nitrogens with zero attached hydrogens (tertiary/aromatic N) is 1. The molecule has 2 aromatic rings. The van der Waals surface area contributed by atoms with Crippen molar-refractivity contribution in [2.45, 2.75) is 77.0 Å². The summed E-state index contributed by atoms with van der Waals surface area (Å²) in [4.78, 5) is 4.78. The molecule has 0 radical (unpaired) electrons. The third kappa shape index (κ3) is 4.52. The second-order valence-electron chi connectivity index (χ2n) is 8.67. The van der Waals surface area contributed by atoms with Crippen LogP contribution < -0.4 is 10.6 Å². The molecule has 1 unspecified atom stereocenters. The van der Waals surface area contributed by atoms with Crippen LogP contribution in [0.5, 0.6) is 0 Å². The summed E-state index contributed by atoms with van der Waals surface area (Å²) in [5, 5.41) is 7.45. The Kier molecular flexibility index (Phi) is 5.50. The van der Waals surface area contributed by atoms with Crippen LogP contribution in [0.1, 0.15) is 64.3 Å². The molecule has 1 heterocycles. The van der Waals surface area contributed by atoms with Crippen molar-refractivity contribution in [3.8, 4) is 0 Å². The fraction of sp³-hybridized carbons (Fsp3) is 0.522. The number of aromatic nitrogens is 1. The molecule has 0 aliphatic heterocycles. The summed E-state index contributed by atoms with van der Waals surface area (Å²) < 4.78 is 0. The Bertz CT molecular complexity index is 700. The molecule has 1 aliphatic carbocycles. The van der Waals surface area contributed by atoms with E-state index in [4.69, 9.17) is 4.98 Å². The first kappa shape index (κ1) is 19.1. The molecule has 1 atom stereocenters. The summed E-state index contributed by atoms with van der Waals surface area (Å²) in [5.41, 5.74) is 3.88. The summed E-state index contributed by atoms with van der Waals surface area (Å²) in [6.45, 7) is 11.1. The van der Waals surface area contributed by atoms with Gasteiger partial charge in [-0.15, -0.1) is 0 Å². The van der Waals surface area contributed by atoms with Crippen LogP contribution in [0.3, 0.4) is 0 Å². The van der Waals surface area contributed by atoms with Crippen molar-refractivity contribution in [3.63, 3.8) is 0 Å². The predicted molar refractivity (Wildman–Crippen MR) is 109 cm³/mol. The minimum atomic E-state index is -0.0483. The number of nitrogens with one attached hydrogen (secondary N) is 2. The summed E-state index contributed by atoms with van der Waals surface area (Å²) in [5.74, 6) is 0. The van der Waals surface area contributed by atoms with Crippen molar-refractivity contribution in [2.24, 2.45) is 0 Å². The molecule has 0 saturated heterocycles. The minimum Gasteiger partial charge on any atom is -0.305 e. The number of benzene rings is 1. The Morgan fingerprint density at radius 3 is 2.27 bits per heavy atom. The van der Waals surface area contributed by atoms with E-state index in [1.165, 1.54) is 29.7 Å². The summed E-state index contributed by atoms with van der Waals surface area (Å²) in [6.07, 6.45) is 5.43. The van der Waals surface area contributed by atoms with E-state index in [-0.39, 0.29) is 11.1 Å². The molecule has 3 rings (SSSR count). The quantitative estimate of drug-likeness (QED) is 0.734. The highest BCUT2D eigenvalue weighted by atomic mass is 15.1. The Balaban J connectivity index is 1.61. The smallest absolute Gasteiger partial charge is 0.0612 e. The molecule has 1 aliphatic rings. The second kappa shape index (κ2) is 7.50. The highest BCUT2D eigenvalue weighted by molar-refractivity contribution is 5.27. The van der Waals surface area contributed by atoms with E-state index in [1.54, 1.807) is 0 Å². The van der Waals surface area contributed by atoms with Crippen LogP contribution >= 0.6 is 0 Å². The van der Waals surface area contributed by atoms with Crippen LogP contribution in [0, 0.1) is 0 Å². The zero-order valence-electron chi connectivity index (χ0n) is 16.8. The van der Waals surface area contributed by atoms with Gasteiger partial charge in [0.2, 0.25) is 0 Å². The van der Waals surface area contributed by atoms with Crippen LogP contribution in [0.25, 0.3) is 0 Å². The van der Waals surface area contributed by atoms with Crippen LogP contribution in [-0.2, 0) is 17.5 Å². The van der Waals surface area contributed by atoms with E-state index in [0.29, 0.717) is 12.1 Å². The Labute approximate surface area is 158 Å². The first-order valence-corrected chi connectivity index (χ1v) is 9.87. The van der Waals surface area contributed by atoms with Gasteiger partial charge in [-0.3, -0.25) is 4.98 Å². The molecule has 0 bridgehead atoms.